The van der Waals surface area contributed by atoms with Crippen molar-refractivity contribution in [3.63, 3.8) is 0 Å². The quantitative estimate of drug-likeness (QED) is 0.476. The molecule has 0 radical (unpaired) electrons. The van der Waals surface area contributed by atoms with Crippen molar-refractivity contribution in [3.05, 3.63) is 78.1 Å². The minimum absolute atomic E-state index is 0.157. The van der Waals surface area contributed by atoms with Gasteiger partial charge in [-0.3, -0.25) is 4.79 Å². The van der Waals surface area contributed by atoms with Gasteiger partial charge in [-0.25, -0.2) is 9.67 Å². The van der Waals surface area contributed by atoms with Crippen LogP contribution in [0.15, 0.2) is 64.1 Å². The van der Waals surface area contributed by atoms with E-state index in [9.17, 15) is 4.79 Å². The molecule has 0 saturated heterocycles. The van der Waals surface area contributed by atoms with E-state index >= 15 is 0 Å². The summed E-state index contributed by atoms with van der Waals surface area (Å²) in [5.74, 6) is 2.36. The number of rotatable bonds is 7. The van der Waals surface area contributed by atoms with Crippen molar-refractivity contribution in [2.75, 3.05) is 7.05 Å². The van der Waals surface area contributed by atoms with E-state index in [1.807, 2.05) is 43.3 Å². The van der Waals surface area contributed by atoms with E-state index in [4.69, 9.17) is 13.7 Å². The SMILES string of the molecule is Cc1ccc(CN(C)C(=O)c2cc(COc3ccc(-n4cncn4)cc3)on2)o1. The number of aryl methyl sites for hydroxylation is 1. The average molecular weight is 393 g/mol. The molecule has 0 N–H and O–H groups in total. The number of nitrogens with zero attached hydrogens (tertiary/aromatic N) is 5. The number of ether oxygens (including phenoxy) is 1. The van der Waals surface area contributed by atoms with Crippen LogP contribution >= 0.6 is 0 Å². The van der Waals surface area contributed by atoms with Gasteiger partial charge in [-0.05, 0) is 43.3 Å². The van der Waals surface area contributed by atoms with Crippen molar-refractivity contribution in [2.24, 2.45) is 0 Å². The summed E-state index contributed by atoms with van der Waals surface area (Å²) in [6.45, 7) is 2.37. The molecule has 0 aliphatic rings. The molecule has 0 aliphatic heterocycles. The van der Waals surface area contributed by atoms with Gasteiger partial charge in [-0.15, -0.1) is 0 Å². The predicted octanol–water partition coefficient (Wildman–Crippen LogP) is 3.01. The van der Waals surface area contributed by atoms with Gasteiger partial charge >= 0.3 is 0 Å². The van der Waals surface area contributed by atoms with E-state index in [1.54, 1.807) is 24.1 Å². The smallest absolute Gasteiger partial charge is 0.276 e. The first-order valence-corrected chi connectivity index (χ1v) is 8.93. The Kier molecular flexibility index (Phi) is 5.10. The van der Waals surface area contributed by atoms with Gasteiger partial charge < -0.3 is 18.6 Å². The van der Waals surface area contributed by atoms with Crippen LogP contribution in [0.1, 0.15) is 27.8 Å². The fraction of sp³-hybridized carbons (Fsp3) is 0.200. The van der Waals surface area contributed by atoms with Crippen molar-refractivity contribution in [1.82, 2.24) is 24.8 Å². The second-order valence-corrected chi connectivity index (χ2v) is 6.47. The van der Waals surface area contributed by atoms with Crippen LogP contribution in [0.4, 0.5) is 0 Å². The summed E-state index contributed by atoms with van der Waals surface area (Å²) in [5, 5.41) is 7.92. The predicted molar refractivity (Wildman–Crippen MR) is 101 cm³/mol. The van der Waals surface area contributed by atoms with E-state index in [0.29, 0.717) is 23.8 Å². The number of hydrogen-bond donors (Lipinski definition) is 0. The van der Waals surface area contributed by atoms with Gasteiger partial charge in [-0.1, -0.05) is 5.16 Å². The van der Waals surface area contributed by atoms with E-state index in [1.165, 1.54) is 11.2 Å². The lowest BCUT2D eigenvalue weighted by Crippen LogP contribution is -2.26. The summed E-state index contributed by atoms with van der Waals surface area (Å²) < 4.78 is 18.1. The lowest BCUT2D eigenvalue weighted by Gasteiger charge is -2.13. The Balaban J connectivity index is 1.33. The van der Waals surface area contributed by atoms with Crippen LogP contribution in [-0.4, -0.2) is 37.8 Å². The lowest BCUT2D eigenvalue weighted by molar-refractivity contribution is 0.0764. The molecule has 0 saturated carbocycles. The molecule has 3 aromatic heterocycles. The highest BCUT2D eigenvalue weighted by Gasteiger charge is 2.18. The minimum atomic E-state index is -0.258. The third-order valence-electron chi connectivity index (χ3n) is 4.21. The molecule has 1 aromatic carbocycles. The van der Waals surface area contributed by atoms with Gasteiger partial charge in [0.2, 0.25) is 0 Å². The fourth-order valence-corrected chi connectivity index (χ4v) is 2.74. The van der Waals surface area contributed by atoms with Crippen molar-refractivity contribution in [3.8, 4) is 11.4 Å². The molecule has 4 aromatic rings. The standard InChI is InChI=1S/C20H19N5O4/c1-14-3-6-17(28-14)10-24(2)20(26)19-9-18(29-23-19)11-27-16-7-4-15(5-8-16)25-13-21-12-22-25/h3-9,12-13H,10-11H2,1-2H3. The zero-order valence-electron chi connectivity index (χ0n) is 16.0. The maximum atomic E-state index is 12.5. The highest BCUT2D eigenvalue weighted by atomic mass is 16.5. The van der Waals surface area contributed by atoms with Crippen LogP contribution < -0.4 is 4.74 Å². The maximum Gasteiger partial charge on any atom is 0.276 e. The molecule has 29 heavy (non-hydrogen) atoms. The number of amides is 1. The molecule has 0 aliphatic carbocycles. The Bertz CT molecular complexity index is 1080. The molecular weight excluding hydrogens is 374 g/mol. The molecule has 0 fully saturated rings. The van der Waals surface area contributed by atoms with Crippen molar-refractivity contribution >= 4 is 5.91 Å². The first kappa shape index (κ1) is 18.5. The molecule has 0 unspecified atom stereocenters. The third-order valence-corrected chi connectivity index (χ3v) is 4.21. The number of carbonyl (C=O) groups is 1. The molecular formula is C20H19N5O4. The van der Waals surface area contributed by atoms with Crippen LogP contribution in [0.2, 0.25) is 0 Å². The summed E-state index contributed by atoms with van der Waals surface area (Å²) in [6.07, 6.45) is 3.09. The van der Waals surface area contributed by atoms with Crippen molar-refractivity contribution in [1.29, 1.82) is 0 Å². The molecule has 0 atom stereocenters. The zero-order chi connectivity index (χ0) is 20.2. The Morgan fingerprint density at radius 2 is 2.00 bits per heavy atom. The van der Waals surface area contributed by atoms with Crippen LogP contribution in [-0.2, 0) is 13.2 Å². The normalized spacial score (nSPS) is 10.8. The van der Waals surface area contributed by atoms with Crippen LogP contribution in [0.25, 0.3) is 5.69 Å². The Morgan fingerprint density at radius 1 is 1.17 bits per heavy atom. The summed E-state index contributed by atoms with van der Waals surface area (Å²) >= 11 is 0. The van der Waals surface area contributed by atoms with Crippen LogP contribution in [0.3, 0.4) is 0 Å². The average Bonchev–Trinajstić information content (AvgIpc) is 3.48. The summed E-state index contributed by atoms with van der Waals surface area (Å²) in [6, 6.07) is 12.6. The van der Waals surface area contributed by atoms with E-state index in [2.05, 4.69) is 15.2 Å². The van der Waals surface area contributed by atoms with E-state index in [0.717, 1.165) is 11.4 Å². The first-order valence-electron chi connectivity index (χ1n) is 8.93. The Hall–Kier alpha value is -3.88. The number of aromatic nitrogens is 4. The largest absolute Gasteiger partial charge is 0.486 e. The zero-order valence-corrected chi connectivity index (χ0v) is 16.0. The van der Waals surface area contributed by atoms with Gasteiger partial charge in [0, 0.05) is 13.1 Å². The highest BCUT2D eigenvalue weighted by Crippen LogP contribution is 2.17. The van der Waals surface area contributed by atoms with E-state index < -0.39 is 0 Å². The topological polar surface area (TPSA) is 99.4 Å². The highest BCUT2D eigenvalue weighted by molar-refractivity contribution is 5.92. The summed E-state index contributed by atoms with van der Waals surface area (Å²) in [7, 11) is 1.68. The molecule has 0 bridgehead atoms. The van der Waals surface area contributed by atoms with Gasteiger partial charge in [0.1, 0.15) is 36.5 Å². The minimum Gasteiger partial charge on any atom is -0.486 e. The molecule has 4 rings (SSSR count). The third kappa shape index (κ3) is 4.34. The van der Waals surface area contributed by atoms with Crippen LogP contribution in [0.5, 0.6) is 5.75 Å². The molecule has 148 valence electrons. The monoisotopic (exact) mass is 393 g/mol. The van der Waals surface area contributed by atoms with Gasteiger partial charge in [0.05, 0.1) is 12.2 Å². The maximum absolute atomic E-state index is 12.5. The molecule has 0 spiro atoms. The summed E-state index contributed by atoms with van der Waals surface area (Å²) in [4.78, 5) is 17.9. The molecule has 9 heteroatoms. The van der Waals surface area contributed by atoms with Gasteiger partial charge in [0.25, 0.3) is 5.91 Å². The lowest BCUT2D eigenvalue weighted by atomic mass is 10.3. The Labute approximate surface area is 166 Å². The number of carbonyl (C=O) groups excluding carboxylic acids is 1. The van der Waals surface area contributed by atoms with Crippen molar-refractivity contribution in [2.45, 2.75) is 20.1 Å². The van der Waals surface area contributed by atoms with E-state index in [-0.39, 0.29) is 18.2 Å². The number of benzene rings is 1. The Morgan fingerprint density at radius 3 is 2.69 bits per heavy atom. The first-order chi connectivity index (χ1) is 14.1. The number of furan rings is 1. The van der Waals surface area contributed by atoms with Crippen LogP contribution in [0, 0.1) is 6.92 Å². The summed E-state index contributed by atoms with van der Waals surface area (Å²) in [5.41, 5.74) is 1.09. The second-order valence-electron chi connectivity index (χ2n) is 6.47. The fourth-order valence-electron chi connectivity index (χ4n) is 2.74. The second kappa shape index (κ2) is 8.01. The van der Waals surface area contributed by atoms with Gasteiger partial charge in [0.15, 0.2) is 11.5 Å². The van der Waals surface area contributed by atoms with Gasteiger partial charge in [-0.2, -0.15) is 5.10 Å². The molecule has 3 heterocycles. The van der Waals surface area contributed by atoms with Crippen molar-refractivity contribution < 1.29 is 18.5 Å². The number of hydrogen-bond acceptors (Lipinski definition) is 7. The molecule has 9 nitrogen and oxygen atoms in total. The molecule has 1 amide bonds.